The molecule has 0 atom stereocenters. The maximum atomic E-state index is 13.1. The van der Waals surface area contributed by atoms with Crippen LogP contribution in [0.1, 0.15) is 21.5 Å². The standard InChI is InChI=1S/C15H11FN2O2/c16-14-6-1-10(7-12(14)8-17)9-20-13-4-2-11(3-5-13)15(18)19/h1-7H,9H2,(H2,18,19). The zero-order valence-electron chi connectivity index (χ0n) is 10.5. The Morgan fingerprint density at radius 1 is 1.25 bits per heavy atom. The Kier molecular flexibility index (Phi) is 3.96. The zero-order chi connectivity index (χ0) is 14.5. The average molecular weight is 270 g/mol. The van der Waals surface area contributed by atoms with Crippen molar-refractivity contribution in [1.29, 1.82) is 5.26 Å². The molecule has 2 N–H and O–H groups in total. The zero-order valence-corrected chi connectivity index (χ0v) is 10.5. The first-order valence-electron chi connectivity index (χ1n) is 5.81. The monoisotopic (exact) mass is 270 g/mol. The number of hydrogen-bond acceptors (Lipinski definition) is 3. The van der Waals surface area contributed by atoms with Crippen molar-refractivity contribution in [2.45, 2.75) is 6.61 Å². The lowest BCUT2D eigenvalue weighted by Crippen LogP contribution is -2.10. The Morgan fingerprint density at radius 3 is 2.55 bits per heavy atom. The van der Waals surface area contributed by atoms with Crippen molar-refractivity contribution in [3.63, 3.8) is 0 Å². The second-order valence-electron chi connectivity index (χ2n) is 4.10. The highest BCUT2D eigenvalue weighted by molar-refractivity contribution is 5.92. The van der Waals surface area contributed by atoms with Gasteiger partial charge in [-0.3, -0.25) is 4.79 Å². The van der Waals surface area contributed by atoms with Crippen molar-refractivity contribution in [1.82, 2.24) is 0 Å². The van der Waals surface area contributed by atoms with E-state index >= 15 is 0 Å². The van der Waals surface area contributed by atoms with E-state index in [1.165, 1.54) is 12.1 Å². The van der Waals surface area contributed by atoms with Crippen LogP contribution in [0, 0.1) is 17.1 Å². The first kappa shape index (κ1) is 13.6. The van der Waals surface area contributed by atoms with Gasteiger partial charge in [0.25, 0.3) is 0 Å². The second-order valence-corrected chi connectivity index (χ2v) is 4.10. The molecule has 0 aromatic heterocycles. The summed E-state index contributed by atoms with van der Waals surface area (Å²) in [6.07, 6.45) is 0. The fraction of sp³-hybridized carbons (Fsp3) is 0.0667. The van der Waals surface area contributed by atoms with Crippen molar-refractivity contribution in [2.24, 2.45) is 5.73 Å². The van der Waals surface area contributed by atoms with Gasteiger partial charge in [-0.05, 0) is 42.0 Å². The number of primary amides is 1. The van der Waals surface area contributed by atoms with Crippen LogP contribution in [0.4, 0.5) is 4.39 Å². The number of nitrogens with zero attached hydrogens (tertiary/aromatic N) is 1. The largest absolute Gasteiger partial charge is 0.489 e. The molecule has 0 aliphatic rings. The van der Waals surface area contributed by atoms with E-state index in [0.717, 1.165) is 0 Å². The van der Waals surface area contributed by atoms with Gasteiger partial charge in [0.05, 0.1) is 5.56 Å². The van der Waals surface area contributed by atoms with Crippen LogP contribution in [0.5, 0.6) is 5.75 Å². The molecule has 0 radical (unpaired) electrons. The summed E-state index contributed by atoms with van der Waals surface area (Å²) in [7, 11) is 0. The molecule has 0 saturated heterocycles. The van der Waals surface area contributed by atoms with Crippen LogP contribution in [0.15, 0.2) is 42.5 Å². The molecule has 100 valence electrons. The lowest BCUT2D eigenvalue weighted by molar-refractivity contribution is 0.1000. The summed E-state index contributed by atoms with van der Waals surface area (Å²) in [6.45, 7) is 0.199. The Balaban J connectivity index is 2.05. The molecule has 4 nitrogen and oxygen atoms in total. The summed E-state index contributed by atoms with van der Waals surface area (Å²) >= 11 is 0. The van der Waals surface area contributed by atoms with E-state index in [1.54, 1.807) is 36.4 Å². The number of hydrogen-bond donors (Lipinski definition) is 1. The van der Waals surface area contributed by atoms with E-state index in [4.69, 9.17) is 15.7 Å². The van der Waals surface area contributed by atoms with Gasteiger partial charge in [-0.25, -0.2) is 4.39 Å². The average Bonchev–Trinajstić information content (AvgIpc) is 2.46. The number of nitriles is 1. The number of halogens is 1. The van der Waals surface area contributed by atoms with Gasteiger partial charge in [-0.2, -0.15) is 5.26 Å². The summed E-state index contributed by atoms with van der Waals surface area (Å²) in [5.74, 6) is -0.506. The van der Waals surface area contributed by atoms with Gasteiger partial charge in [0.2, 0.25) is 5.91 Å². The Hall–Kier alpha value is -2.87. The predicted octanol–water partition coefficient (Wildman–Crippen LogP) is 2.38. The van der Waals surface area contributed by atoms with E-state index in [0.29, 0.717) is 16.9 Å². The number of carbonyl (C=O) groups is 1. The first-order chi connectivity index (χ1) is 9.60. The summed E-state index contributed by atoms with van der Waals surface area (Å²) < 4.78 is 18.6. The molecule has 2 rings (SSSR count). The minimum absolute atomic E-state index is 0.0184. The molecule has 0 spiro atoms. The summed E-state index contributed by atoms with van der Waals surface area (Å²) in [5.41, 5.74) is 6.19. The molecule has 5 heteroatoms. The molecular weight excluding hydrogens is 259 g/mol. The van der Waals surface area contributed by atoms with Crippen LogP contribution >= 0.6 is 0 Å². The third-order valence-corrected chi connectivity index (χ3v) is 2.70. The molecular formula is C15H11FN2O2. The van der Waals surface area contributed by atoms with Crippen molar-refractivity contribution >= 4 is 5.91 Å². The Morgan fingerprint density at radius 2 is 1.95 bits per heavy atom. The number of benzene rings is 2. The molecule has 0 heterocycles. The van der Waals surface area contributed by atoms with Gasteiger partial charge < -0.3 is 10.5 Å². The van der Waals surface area contributed by atoms with Gasteiger partial charge >= 0.3 is 0 Å². The maximum absolute atomic E-state index is 13.1. The van der Waals surface area contributed by atoms with Gasteiger partial charge in [-0.15, -0.1) is 0 Å². The number of rotatable bonds is 4. The highest BCUT2D eigenvalue weighted by atomic mass is 19.1. The van der Waals surface area contributed by atoms with Gasteiger partial charge in [-0.1, -0.05) is 6.07 Å². The lowest BCUT2D eigenvalue weighted by atomic mass is 10.1. The second kappa shape index (κ2) is 5.85. The van der Waals surface area contributed by atoms with Gasteiger partial charge in [0.1, 0.15) is 24.2 Å². The molecule has 0 aliphatic heterocycles. The van der Waals surface area contributed by atoms with E-state index in [-0.39, 0.29) is 12.2 Å². The van der Waals surface area contributed by atoms with E-state index in [1.807, 2.05) is 0 Å². The number of amides is 1. The van der Waals surface area contributed by atoms with Crippen LogP contribution in [0.2, 0.25) is 0 Å². The van der Waals surface area contributed by atoms with E-state index in [9.17, 15) is 9.18 Å². The molecule has 2 aromatic carbocycles. The predicted molar refractivity (Wildman–Crippen MR) is 70.4 cm³/mol. The Labute approximate surface area is 115 Å². The molecule has 1 amide bonds. The quantitative estimate of drug-likeness (QED) is 0.926. The molecule has 2 aromatic rings. The number of carbonyl (C=O) groups excluding carboxylic acids is 1. The molecule has 0 saturated carbocycles. The molecule has 0 bridgehead atoms. The van der Waals surface area contributed by atoms with Crippen LogP contribution in [-0.4, -0.2) is 5.91 Å². The molecule has 0 aliphatic carbocycles. The minimum Gasteiger partial charge on any atom is -0.489 e. The third kappa shape index (κ3) is 3.12. The lowest BCUT2D eigenvalue weighted by Gasteiger charge is -2.07. The van der Waals surface area contributed by atoms with Gasteiger partial charge in [0, 0.05) is 5.56 Å². The van der Waals surface area contributed by atoms with E-state index < -0.39 is 11.7 Å². The first-order valence-corrected chi connectivity index (χ1v) is 5.81. The molecule has 0 fully saturated rings. The van der Waals surface area contributed by atoms with Gasteiger partial charge in [0.15, 0.2) is 0 Å². The maximum Gasteiger partial charge on any atom is 0.248 e. The molecule has 20 heavy (non-hydrogen) atoms. The summed E-state index contributed by atoms with van der Waals surface area (Å²) in [5, 5.41) is 8.74. The van der Waals surface area contributed by atoms with Crippen LogP contribution < -0.4 is 10.5 Å². The molecule has 0 unspecified atom stereocenters. The summed E-state index contributed by atoms with van der Waals surface area (Å²) in [4.78, 5) is 10.9. The summed E-state index contributed by atoms with van der Waals surface area (Å²) in [6, 6.07) is 12.3. The van der Waals surface area contributed by atoms with Crippen LogP contribution in [0.3, 0.4) is 0 Å². The van der Waals surface area contributed by atoms with E-state index in [2.05, 4.69) is 0 Å². The van der Waals surface area contributed by atoms with Crippen molar-refractivity contribution in [2.75, 3.05) is 0 Å². The highest BCUT2D eigenvalue weighted by Gasteiger charge is 2.04. The fourth-order valence-corrected chi connectivity index (χ4v) is 1.63. The number of ether oxygens (including phenoxy) is 1. The number of nitrogens with two attached hydrogens (primary N) is 1. The van der Waals surface area contributed by atoms with Crippen LogP contribution in [-0.2, 0) is 6.61 Å². The SMILES string of the molecule is N#Cc1cc(COc2ccc(C(N)=O)cc2)ccc1F. The Bertz CT molecular complexity index is 675. The normalized spacial score (nSPS) is 9.80. The van der Waals surface area contributed by atoms with Crippen molar-refractivity contribution in [3.05, 3.63) is 65.0 Å². The minimum atomic E-state index is -0.554. The topological polar surface area (TPSA) is 76.1 Å². The highest BCUT2D eigenvalue weighted by Crippen LogP contribution is 2.15. The smallest absolute Gasteiger partial charge is 0.248 e. The fourth-order valence-electron chi connectivity index (χ4n) is 1.63. The third-order valence-electron chi connectivity index (χ3n) is 2.70. The van der Waals surface area contributed by atoms with Crippen molar-refractivity contribution in [3.8, 4) is 11.8 Å². The van der Waals surface area contributed by atoms with Crippen molar-refractivity contribution < 1.29 is 13.9 Å². The van der Waals surface area contributed by atoms with Crippen LogP contribution in [0.25, 0.3) is 0 Å².